The van der Waals surface area contributed by atoms with E-state index < -0.39 is 0 Å². The van der Waals surface area contributed by atoms with E-state index in [0.29, 0.717) is 30.4 Å². The van der Waals surface area contributed by atoms with Gasteiger partial charge in [0.15, 0.2) is 0 Å². The average Bonchev–Trinajstić information content (AvgIpc) is 3.14. The number of nitrogens with one attached hydrogen (secondary N) is 2. The van der Waals surface area contributed by atoms with Gasteiger partial charge in [-0.3, -0.25) is 9.59 Å². The highest BCUT2D eigenvalue weighted by Gasteiger charge is 2.18. The van der Waals surface area contributed by atoms with Gasteiger partial charge in [-0.25, -0.2) is 0 Å². The van der Waals surface area contributed by atoms with Crippen molar-refractivity contribution < 1.29 is 14.3 Å². The smallest absolute Gasteiger partial charge is 0.248 e. The summed E-state index contributed by atoms with van der Waals surface area (Å²) >= 11 is 6.37. The molecule has 2 aromatic rings. The first-order valence-electron chi connectivity index (χ1n) is 9.14. The van der Waals surface area contributed by atoms with Crippen molar-refractivity contribution in [3.63, 3.8) is 0 Å². The Morgan fingerprint density at radius 2 is 2.14 bits per heavy atom. The maximum absolute atomic E-state index is 12.2. The van der Waals surface area contributed by atoms with E-state index in [2.05, 4.69) is 10.6 Å². The average molecular weight is 398 g/mol. The molecule has 0 radical (unpaired) electrons. The summed E-state index contributed by atoms with van der Waals surface area (Å²) in [5.74, 6) is 0.656. The number of anilines is 2. The lowest BCUT2D eigenvalue weighted by molar-refractivity contribution is -0.120. The fraction of sp³-hybridized carbons (Fsp3) is 0.238. The first kappa shape index (κ1) is 18.4. The molecule has 0 aromatic heterocycles. The molecule has 2 aromatic carbocycles. The number of amides is 2. The summed E-state index contributed by atoms with van der Waals surface area (Å²) in [6.07, 6.45) is 4.16. The van der Waals surface area contributed by atoms with Gasteiger partial charge in [0, 0.05) is 31.3 Å². The topological polar surface area (TPSA) is 70.7 Å². The van der Waals surface area contributed by atoms with Gasteiger partial charge < -0.3 is 20.3 Å². The Labute approximate surface area is 168 Å². The molecule has 2 aliphatic heterocycles. The van der Waals surface area contributed by atoms with E-state index in [-0.39, 0.29) is 18.4 Å². The molecule has 7 heteroatoms. The number of hydrogen-bond donors (Lipinski definition) is 2. The summed E-state index contributed by atoms with van der Waals surface area (Å²) in [4.78, 5) is 25.7. The molecule has 0 spiro atoms. The number of rotatable bonds is 4. The van der Waals surface area contributed by atoms with Gasteiger partial charge in [-0.2, -0.15) is 0 Å². The highest BCUT2D eigenvalue weighted by molar-refractivity contribution is 6.33. The Kier molecular flexibility index (Phi) is 5.21. The summed E-state index contributed by atoms with van der Waals surface area (Å²) in [5, 5.41) is 6.09. The van der Waals surface area contributed by atoms with Crippen LogP contribution >= 0.6 is 11.6 Å². The van der Waals surface area contributed by atoms with Crippen LogP contribution in [0.4, 0.5) is 11.4 Å². The number of fused-ring (bicyclic) bond motifs is 1. The molecule has 1 fully saturated rings. The zero-order valence-electron chi connectivity index (χ0n) is 15.2. The minimum atomic E-state index is -0.238. The zero-order chi connectivity index (χ0) is 19.5. The van der Waals surface area contributed by atoms with Gasteiger partial charge in [-0.15, -0.1) is 0 Å². The maximum Gasteiger partial charge on any atom is 0.248 e. The molecule has 0 unspecified atom stereocenters. The molecule has 6 nitrogen and oxygen atoms in total. The third kappa shape index (κ3) is 4.12. The molecule has 4 rings (SSSR count). The van der Waals surface area contributed by atoms with Gasteiger partial charge in [0.2, 0.25) is 11.8 Å². The molecule has 0 atom stereocenters. The van der Waals surface area contributed by atoms with Crippen LogP contribution in [0.1, 0.15) is 11.1 Å². The fourth-order valence-corrected chi connectivity index (χ4v) is 3.65. The molecule has 2 aliphatic rings. The quantitative estimate of drug-likeness (QED) is 0.778. The number of piperazine rings is 1. The van der Waals surface area contributed by atoms with Crippen LogP contribution in [0.15, 0.2) is 42.5 Å². The number of carbonyl (C=O) groups is 2. The van der Waals surface area contributed by atoms with E-state index >= 15 is 0 Å². The van der Waals surface area contributed by atoms with Crippen LogP contribution in [0.2, 0.25) is 5.02 Å². The van der Waals surface area contributed by atoms with Crippen molar-refractivity contribution in [1.82, 2.24) is 5.32 Å². The van der Waals surface area contributed by atoms with Gasteiger partial charge >= 0.3 is 0 Å². The first-order valence-corrected chi connectivity index (χ1v) is 9.52. The SMILES string of the molecule is O=C(/C=C/c1ccc2c(c1)CCO2)Nc1ccc(N2CCNC(=O)C2)c(Cl)c1. The molecule has 0 aliphatic carbocycles. The van der Waals surface area contributed by atoms with E-state index in [4.69, 9.17) is 16.3 Å². The molecule has 1 saturated heterocycles. The molecule has 0 saturated carbocycles. The van der Waals surface area contributed by atoms with Crippen molar-refractivity contribution in [2.45, 2.75) is 6.42 Å². The Morgan fingerprint density at radius 3 is 2.96 bits per heavy atom. The maximum atomic E-state index is 12.2. The lowest BCUT2D eigenvalue weighted by atomic mass is 10.1. The van der Waals surface area contributed by atoms with Crippen LogP contribution in [0.5, 0.6) is 5.75 Å². The Bertz CT molecular complexity index is 958. The normalized spacial score (nSPS) is 15.9. The van der Waals surface area contributed by atoms with Crippen molar-refractivity contribution in [3.8, 4) is 5.75 Å². The van der Waals surface area contributed by atoms with E-state index in [1.807, 2.05) is 29.2 Å². The number of benzene rings is 2. The fourth-order valence-electron chi connectivity index (χ4n) is 3.35. The third-order valence-electron chi connectivity index (χ3n) is 4.73. The molecule has 2 N–H and O–H groups in total. The predicted octanol–water partition coefficient (Wildman–Crippen LogP) is 2.86. The lowest BCUT2D eigenvalue weighted by Gasteiger charge is -2.29. The number of ether oxygens (including phenoxy) is 1. The molecule has 2 amide bonds. The second-order valence-corrected chi connectivity index (χ2v) is 7.13. The van der Waals surface area contributed by atoms with Crippen LogP contribution < -0.4 is 20.3 Å². The lowest BCUT2D eigenvalue weighted by Crippen LogP contribution is -2.47. The monoisotopic (exact) mass is 397 g/mol. The minimum Gasteiger partial charge on any atom is -0.493 e. The summed E-state index contributed by atoms with van der Waals surface area (Å²) in [5.41, 5.74) is 3.50. The highest BCUT2D eigenvalue weighted by atomic mass is 35.5. The van der Waals surface area contributed by atoms with Gasteiger partial charge in [-0.05, 0) is 47.5 Å². The summed E-state index contributed by atoms with van der Waals surface area (Å²) in [7, 11) is 0. The van der Waals surface area contributed by atoms with Gasteiger partial charge in [-0.1, -0.05) is 17.7 Å². The minimum absolute atomic E-state index is 0.0250. The van der Waals surface area contributed by atoms with E-state index in [1.54, 1.807) is 18.2 Å². The molecular formula is C21H20ClN3O3. The Balaban J connectivity index is 1.40. The second-order valence-electron chi connectivity index (χ2n) is 6.73. The summed E-state index contributed by atoms with van der Waals surface area (Å²) < 4.78 is 5.49. The zero-order valence-corrected chi connectivity index (χ0v) is 16.0. The summed E-state index contributed by atoms with van der Waals surface area (Å²) in [6, 6.07) is 11.2. The molecule has 28 heavy (non-hydrogen) atoms. The van der Waals surface area contributed by atoms with Crippen molar-refractivity contribution >= 4 is 40.9 Å². The highest BCUT2D eigenvalue weighted by Crippen LogP contribution is 2.29. The van der Waals surface area contributed by atoms with Crippen molar-refractivity contribution in [1.29, 1.82) is 0 Å². The van der Waals surface area contributed by atoms with E-state index in [0.717, 1.165) is 29.0 Å². The number of hydrogen-bond acceptors (Lipinski definition) is 4. The third-order valence-corrected chi connectivity index (χ3v) is 5.04. The summed E-state index contributed by atoms with van der Waals surface area (Å²) in [6.45, 7) is 2.28. The van der Waals surface area contributed by atoms with Gasteiger partial charge in [0.05, 0.1) is 23.9 Å². The molecular weight excluding hydrogens is 378 g/mol. The van der Waals surface area contributed by atoms with Crippen molar-refractivity contribution in [2.24, 2.45) is 0 Å². The van der Waals surface area contributed by atoms with Crippen LogP contribution in [0.3, 0.4) is 0 Å². The van der Waals surface area contributed by atoms with Gasteiger partial charge in [0.25, 0.3) is 0 Å². The standard InChI is InChI=1S/C21H20ClN3O3/c22-17-12-16(3-4-18(17)25-9-8-23-21(27)13-25)24-20(26)6-2-14-1-5-19-15(11-14)7-10-28-19/h1-6,11-12H,7-10,13H2,(H,23,27)(H,24,26)/b6-2+. The van der Waals surface area contributed by atoms with E-state index in [9.17, 15) is 9.59 Å². The number of nitrogens with zero attached hydrogens (tertiary/aromatic N) is 1. The van der Waals surface area contributed by atoms with Crippen molar-refractivity contribution in [3.05, 3.63) is 58.6 Å². The first-order chi connectivity index (χ1) is 13.6. The Hall–Kier alpha value is -2.99. The molecule has 144 valence electrons. The van der Waals surface area contributed by atoms with Crippen LogP contribution in [-0.2, 0) is 16.0 Å². The van der Waals surface area contributed by atoms with Gasteiger partial charge in [0.1, 0.15) is 5.75 Å². The molecule has 2 heterocycles. The van der Waals surface area contributed by atoms with Crippen LogP contribution in [0, 0.1) is 0 Å². The largest absolute Gasteiger partial charge is 0.493 e. The Morgan fingerprint density at radius 1 is 1.25 bits per heavy atom. The number of carbonyl (C=O) groups excluding carboxylic acids is 2. The number of halogens is 1. The van der Waals surface area contributed by atoms with E-state index in [1.165, 1.54) is 6.08 Å². The predicted molar refractivity (Wildman–Crippen MR) is 110 cm³/mol. The van der Waals surface area contributed by atoms with Crippen LogP contribution in [-0.4, -0.2) is 38.1 Å². The second kappa shape index (κ2) is 7.94. The van der Waals surface area contributed by atoms with Crippen molar-refractivity contribution in [2.75, 3.05) is 36.5 Å². The molecule has 0 bridgehead atoms. The van der Waals surface area contributed by atoms with Crippen LogP contribution in [0.25, 0.3) is 6.08 Å².